The first-order valence-electron chi connectivity index (χ1n) is 7.46. The molecule has 6 nitrogen and oxygen atoms in total. The Kier molecular flexibility index (Phi) is 7.81. The van der Waals surface area contributed by atoms with Crippen molar-refractivity contribution in [2.45, 2.75) is 20.3 Å². The molecule has 3 amide bonds. The van der Waals surface area contributed by atoms with Gasteiger partial charge in [0.15, 0.2) is 0 Å². The van der Waals surface area contributed by atoms with E-state index in [1.807, 2.05) is 38.1 Å². The van der Waals surface area contributed by atoms with Gasteiger partial charge in [0.25, 0.3) is 0 Å². The first-order valence-corrected chi connectivity index (χ1v) is 7.46. The van der Waals surface area contributed by atoms with E-state index in [0.29, 0.717) is 26.1 Å². The fourth-order valence-corrected chi connectivity index (χ4v) is 1.85. The Morgan fingerprint density at radius 2 is 1.68 bits per heavy atom. The van der Waals surface area contributed by atoms with Crippen molar-refractivity contribution >= 4 is 11.9 Å². The van der Waals surface area contributed by atoms with Crippen LogP contribution in [0, 0.1) is 5.92 Å². The van der Waals surface area contributed by atoms with Crippen molar-refractivity contribution in [2.75, 3.05) is 26.7 Å². The summed E-state index contributed by atoms with van der Waals surface area (Å²) in [4.78, 5) is 22.9. The lowest BCUT2D eigenvalue weighted by molar-refractivity contribution is -0.123. The van der Waals surface area contributed by atoms with Gasteiger partial charge in [-0.1, -0.05) is 32.0 Å². The summed E-state index contributed by atoms with van der Waals surface area (Å²) in [7, 11) is 1.63. The molecule has 1 aromatic carbocycles. The van der Waals surface area contributed by atoms with Gasteiger partial charge in [0.2, 0.25) is 5.91 Å². The number of rotatable bonds is 8. The second kappa shape index (κ2) is 9.65. The molecule has 122 valence electrons. The Balaban J connectivity index is 2.17. The highest BCUT2D eigenvalue weighted by Crippen LogP contribution is 2.17. The molecule has 1 rings (SSSR count). The Morgan fingerprint density at radius 3 is 2.36 bits per heavy atom. The largest absolute Gasteiger partial charge is 0.496 e. The van der Waals surface area contributed by atoms with Crippen molar-refractivity contribution in [2.24, 2.45) is 5.92 Å². The number of ether oxygens (including phenoxy) is 1. The van der Waals surface area contributed by atoms with Crippen LogP contribution >= 0.6 is 0 Å². The highest BCUT2D eigenvalue weighted by atomic mass is 16.5. The lowest BCUT2D eigenvalue weighted by atomic mass is 10.1. The van der Waals surface area contributed by atoms with Gasteiger partial charge in [0, 0.05) is 25.6 Å². The van der Waals surface area contributed by atoms with E-state index >= 15 is 0 Å². The van der Waals surface area contributed by atoms with Crippen LogP contribution in [0.25, 0.3) is 0 Å². The highest BCUT2D eigenvalue weighted by molar-refractivity contribution is 5.78. The number of benzene rings is 1. The van der Waals surface area contributed by atoms with Crippen molar-refractivity contribution < 1.29 is 14.3 Å². The molecule has 3 N–H and O–H groups in total. The zero-order valence-electron chi connectivity index (χ0n) is 13.4. The fraction of sp³-hybridized carbons (Fsp3) is 0.500. The minimum absolute atomic E-state index is 0.0154. The highest BCUT2D eigenvalue weighted by Gasteiger charge is 2.06. The van der Waals surface area contributed by atoms with Crippen LogP contribution in [0.2, 0.25) is 0 Å². The van der Waals surface area contributed by atoms with Gasteiger partial charge in [-0.05, 0) is 18.1 Å². The lowest BCUT2D eigenvalue weighted by Crippen LogP contribution is -2.41. The quantitative estimate of drug-likeness (QED) is 0.634. The van der Waals surface area contributed by atoms with Crippen LogP contribution in [-0.2, 0) is 11.2 Å². The van der Waals surface area contributed by atoms with Crippen LogP contribution < -0.4 is 20.7 Å². The molecule has 0 atom stereocenters. The average Bonchev–Trinajstić information content (AvgIpc) is 2.51. The third-order valence-electron chi connectivity index (χ3n) is 3.11. The summed E-state index contributed by atoms with van der Waals surface area (Å²) in [6, 6.07) is 7.48. The van der Waals surface area contributed by atoms with Crippen molar-refractivity contribution in [3.05, 3.63) is 29.8 Å². The van der Waals surface area contributed by atoms with Crippen LogP contribution in [0.15, 0.2) is 24.3 Å². The number of hydrogen-bond acceptors (Lipinski definition) is 3. The van der Waals surface area contributed by atoms with Crippen LogP contribution in [0.1, 0.15) is 19.4 Å². The van der Waals surface area contributed by atoms with E-state index < -0.39 is 0 Å². The number of hydrogen-bond donors (Lipinski definition) is 3. The molecule has 0 fully saturated rings. The SMILES string of the molecule is COc1ccccc1CCNC(=O)NCCNC(=O)C(C)C. The summed E-state index contributed by atoms with van der Waals surface area (Å²) in [5.74, 6) is 0.758. The van der Waals surface area contributed by atoms with Crippen molar-refractivity contribution in [1.82, 2.24) is 16.0 Å². The summed E-state index contributed by atoms with van der Waals surface area (Å²) in [5.41, 5.74) is 1.05. The van der Waals surface area contributed by atoms with Gasteiger partial charge in [-0.15, -0.1) is 0 Å². The summed E-state index contributed by atoms with van der Waals surface area (Å²) in [6.07, 6.45) is 0.696. The molecule has 0 radical (unpaired) electrons. The Morgan fingerprint density at radius 1 is 1.05 bits per heavy atom. The number of urea groups is 1. The molecule has 22 heavy (non-hydrogen) atoms. The van der Waals surface area contributed by atoms with E-state index in [4.69, 9.17) is 4.74 Å². The minimum Gasteiger partial charge on any atom is -0.496 e. The summed E-state index contributed by atoms with van der Waals surface area (Å²) >= 11 is 0. The van der Waals surface area contributed by atoms with E-state index in [9.17, 15) is 9.59 Å². The van der Waals surface area contributed by atoms with E-state index in [-0.39, 0.29) is 17.9 Å². The standard InChI is InChI=1S/C16H25N3O3/c1-12(2)15(20)17-10-11-19-16(21)18-9-8-13-6-4-5-7-14(13)22-3/h4-7,12H,8-11H2,1-3H3,(H,17,20)(H2,18,19,21). The van der Waals surface area contributed by atoms with Gasteiger partial charge in [-0.3, -0.25) is 4.79 Å². The molecule has 0 bridgehead atoms. The summed E-state index contributed by atoms with van der Waals surface area (Å²) < 4.78 is 5.26. The number of carbonyl (C=O) groups excluding carboxylic acids is 2. The predicted octanol–water partition coefficient (Wildman–Crippen LogP) is 1.31. The average molecular weight is 307 g/mol. The van der Waals surface area contributed by atoms with Crippen molar-refractivity contribution in [3.63, 3.8) is 0 Å². The molecule has 0 heterocycles. The zero-order chi connectivity index (χ0) is 16.4. The third-order valence-corrected chi connectivity index (χ3v) is 3.11. The summed E-state index contributed by atoms with van der Waals surface area (Å²) in [6.45, 7) is 5.00. The maximum atomic E-state index is 11.6. The number of carbonyl (C=O) groups is 2. The van der Waals surface area contributed by atoms with E-state index in [1.165, 1.54) is 0 Å². The van der Waals surface area contributed by atoms with Crippen LogP contribution in [0.4, 0.5) is 4.79 Å². The van der Waals surface area contributed by atoms with Crippen LogP contribution in [0.3, 0.4) is 0 Å². The minimum atomic E-state index is -0.242. The second-order valence-electron chi connectivity index (χ2n) is 5.19. The van der Waals surface area contributed by atoms with Crippen LogP contribution in [-0.4, -0.2) is 38.7 Å². The fourth-order valence-electron chi connectivity index (χ4n) is 1.85. The van der Waals surface area contributed by atoms with E-state index in [2.05, 4.69) is 16.0 Å². The number of para-hydroxylation sites is 1. The zero-order valence-corrected chi connectivity index (χ0v) is 13.4. The van der Waals surface area contributed by atoms with E-state index in [1.54, 1.807) is 7.11 Å². The molecule has 0 aliphatic rings. The number of nitrogens with one attached hydrogen (secondary N) is 3. The van der Waals surface area contributed by atoms with Gasteiger partial charge in [0.1, 0.15) is 5.75 Å². The van der Waals surface area contributed by atoms with Crippen molar-refractivity contribution in [3.8, 4) is 5.75 Å². The van der Waals surface area contributed by atoms with Gasteiger partial charge in [-0.2, -0.15) is 0 Å². The normalized spacial score (nSPS) is 10.2. The molecule has 6 heteroatoms. The molecule has 0 aliphatic carbocycles. The second-order valence-corrected chi connectivity index (χ2v) is 5.19. The number of methoxy groups -OCH3 is 1. The van der Waals surface area contributed by atoms with Gasteiger partial charge in [-0.25, -0.2) is 4.79 Å². The maximum Gasteiger partial charge on any atom is 0.314 e. The molecule has 0 unspecified atom stereocenters. The molecule has 0 saturated heterocycles. The first kappa shape index (κ1) is 17.8. The Labute approximate surface area is 131 Å². The predicted molar refractivity (Wildman–Crippen MR) is 85.9 cm³/mol. The van der Waals surface area contributed by atoms with Gasteiger partial charge >= 0.3 is 6.03 Å². The Bertz CT molecular complexity index is 489. The molecular weight excluding hydrogens is 282 g/mol. The maximum absolute atomic E-state index is 11.6. The van der Waals surface area contributed by atoms with Gasteiger partial charge in [0.05, 0.1) is 7.11 Å². The monoisotopic (exact) mass is 307 g/mol. The third kappa shape index (κ3) is 6.47. The smallest absolute Gasteiger partial charge is 0.314 e. The van der Waals surface area contributed by atoms with Gasteiger partial charge < -0.3 is 20.7 Å². The first-order chi connectivity index (χ1) is 10.5. The number of amides is 3. The molecule has 0 saturated carbocycles. The summed E-state index contributed by atoms with van der Waals surface area (Å²) in [5, 5.41) is 8.21. The van der Waals surface area contributed by atoms with Crippen LogP contribution in [0.5, 0.6) is 5.75 Å². The van der Waals surface area contributed by atoms with Crippen molar-refractivity contribution in [1.29, 1.82) is 0 Å². The Hall–Kier alpha value is -2.24. The molecular formula is C16H25N3O3. The molecule has 0 aliphatic heterocycles. The molecule has 0 spiro atoms. The lowest BCUT2D eigenvalue weighted by Gasteiger charge is -2.11. The van der Waals surface area contributed by atoms with E-state index in [0.717, 1.165) is 11.3 Å². The molecule has 0 aromatic heterocycles. The molecule has 1 aromatic rings. The topological polar surface area (TPSA) is 79.5 Å².